The average molecular weight is 322 g/mol. The number of benzene rings is 1. The maximum atomic E-state index is 12.9. The predicted octanol–water partition coefficient (Wildman–Crippen LogP) is 2.72. The lowest BCUT2D eigenvalue weighted by Crippen LogP contribution is -2.00. The van der Waals surface area contributed by atoms with Gasteiger partial charge in [-0.25, -0.2) is 24.0 Å². The van der Waals surface area contributed by atoms with Gasteiger partial charge in [-0.05, 0) is 30.3 Å². The lowest BCUT2D eigenvalue weighted by molar-refractivity contribution is 0.461. The number of hydrogen-bond acceptors (Lipinski definition) is 6. The third-order valence-corrected chi connectivity index (χ3v) is 3.40. The van der Waals surface area contributed by atoms with Crippen molar-refractivity contribution in [2.24, 2.45) is 0 Å². The molecule has 0 unspecified atom stereocenters. The fourth-order valence-corrected chi connectivity index (χ4v) is 2.23. The highest BCUT2D eigenvalue weighted by Crippen LogP contribution is 2.22. The first-order valence-electron chi connectivity index (χ1n) is 7.05. The molecule has 0 aliphatic rings. The van der Waals surface area contributed by atoms with Crippen molar-refractivity contribution < 1.29 is 9.13 Å². The van der Waals surface area contributed by atoms with E-state index in [0.29, 0.717) is 34.2 Å². The van der Waals surface area contributed by atoms with Gasteiger partial charge in [-0.2, -0.15) is 5.10 Å². The van der Waals surface area contributed by atoms with Gasteiger partial charge < -0.3 is 10.5 Å². The molecule has 0 atom stereocenters. The molecule has 7 nitrogen and oxygen atoms in total. The number of nitrogen functional groups attached to an aromatic ring is 1. The zero-order valence-corrected chi connectivity index (χ0v) is 12.3. The molecule has 3 heterocycles. The van der Waals surface area contributed by atoms with Crippen molar-refractivity contribution in [1.82, 2.24) is 24.7 Å². The molecule has 8 heteroatoms. The summed E-state index contributed by atoms with van der Waals surface area (Å²) in [5.41, 5.74) is 7.10. The number of fused-ring (bicyclic) bond motifs is 1. The van der Waals surface area contributed by atoms with Gasteiger partial charge in [0.05, 0.1) is 23.5 Å². The van der Waals surface area contributed by atoms with E-state index < -0.39 is 0 Å². The Morgan fingerprint density at radius 3 is 2.54 bits per heavy atom. The Kier molecular flexibility index (Phi) is 3.27. The summed E-state index contributed by atoms with van der Waals surface area (Å²) < 4.78 is 20.1. The molecule has 0 radical (unpaired) electrons. The average Bonchev–Trinajstić information content (AvgIpc) is 3.03. The Balaban J connectivity index is 1.63. The number of anilines is 1. The number of pyridine rings is 1. The van der Waals surface area contributed by atoms with Gasteiger partial charge in [-0.15, -0.1) is 0 Å². The normalized spacial score (nSPS) is 10.9. The zero-order valence-electron chi connectivity index (χ0n) is 12.3. The summed E-state index contributed by atoms with van der Waals surface area (Å²) in [6.45, 7) is 0. The summed E-state index contributed by atoms with van der Waals surface area (Å²) >= 11 is 0. The van der Waals surface area contributed by atoms with Crippen LogP contribution in [0.4, 0.5) is 10.2 Å². The molecule has 0 aliphatic heterocycles. The quantitative estimate of drug-likeness (QED) is 0.623. The van der Waals surface area contributed by atoms with Crippen molar-refractivity contribution in [3.05, 3.63) is 60.9 Å². The third-order valence-electron chi connectivity index (χ3n) is 3.40. The van der Waals surface area contributed by atoms with E-state index in [1.807, 2.05) is 0 Å². The second-order valence-corrected chi connectivity index (χ2v) is 4.96. The molecule has 0 aliphatic carbocycles. The Hall–Kier alpha value is -3.55. The molecule has 0 saturated carbocycles. The summed E-state index contributed by atoms with van der Waals surface area (Å²) in [6.07, 6.45) is 4.59. The minimum Gasteiger partial charge on any atom is -0.439 e. The summed E-state index contributed by atoms with van der Waals surface area (Å²) in [7, 11) is 0. The topological polar surface area (TPSA) is 91.7 Å². The van der Waals surface area contributed by atoms with E-state index in [1.165, 1.54) is 30.6 Å². The lowest BCUT2D eigenvalue weighted by atomic mass is 10.3. The fourth-order valence-electron chi connectivity index (χ4n) is 2.23. The highest BCUT2D eigenvalue weighted by molar-refractivity contribution is 5.85. The summed E-state index contributed by atoms with van der Waals surface area (Å²) in [4.78, 5) is 12.4. The summed E-state index contributed by atoms with van der Waals surface area (Å²) in [5.74, 6) is 0.936. The van der Waals surface area contributed by atoms with Crippen LogP contribution in [0.1, 0.15) is 0 Å². The van der Waals surface area contributed by atoms with Gasteiger partial charge in [0.2, 0.25) is 5.88 Å². The summed E-state index contributed by atoms with van der Waals surface area (Å²) in [6, 6.07) is 9.19. The van der Waals surface area contributed by atoms with Gasteiger partial charge in [-0.3, -0.25) is 0 Å². The third kappa shape index (κ3) is 2.50. The van der Waals surface area contributed by atoms with Crippen molar-refractivity contribution in [2.75, 3.05) is 5.73 Å². The van der Waals surface area contributed by atoms with Crippen molar-refractivity contribution in [3.8, 4) is 17.3 Å². The van der Waals surface area contributed by atoms with E-state index in [9.17, 15) is 4.39 Å². The predicted molar refractivity (Wildman–Crippen MR) is 85.3 cm³/mol. The van der Waals surface area contributed by atoms with Crippen LogP contribution in [0, 0.1) is 5.82 Å². The number of rotatable bonds is 3. The van der Waals surface area contributed by atoms with E-state index in [1.54, 1.807) is 29.2 Å². The first-order chi connectivity index (χ1) is 11.7. The van der Waals surface area contributed by atoms with Gasteiger partial charge in [0.1, 0.15) is 23.7 Å². The van der Waals surface area contributed by atoms with Crippen LogP contribution < -0.4 is 10.5 Å². The number of nitrogens with two attached hydrogens (primary N) is 1. The maximum Gasteiger partial charge on any atom is 0.219 e. The molecule has 0 spiro atoms. The molecule has 0 fully saturated rings. The molecule has 1 aromatic carbocycles. The first kappa shape index (κ1) is 14.1. The molecular weight excluding hydrogens is 311 g/mol. The highest BCUT2D eigenvalue weighted by atomic mass is 19.1. The van der Waals surface area contributed by atoms with E-state index in [4.69, 9.17) is 10.5 Å². The van der Waals surface area contributed by atoms with Gasteiger partial charge in [-0.1, -0.05) is 0 Å². The van der Waals surface area contributed by atoms with Crippen LogP contribution in [0.3, 0.4) is 0 Å². The molecule has 118 valence electrons. The van der Waals surface area contributed by atoms with E-state index in [-0.39, 0.29) is 5.82 Å². The number of ether oxygens (including phenoxy) is 1. The van der Waals surface area contributed by atoms with Crippen LogP contribution in [0.15, 0.2) is 55.1 Å². The number of hydrogen-bond donors (Lipinski definition) is 1. The van der Waals surface area contributed by atoms with Crippen LogP contribution in [-0.4, -0.2) is 24.7 Å². The molecule has 4 aromatic rings. The van der Waals surface area contributed by atoms with E-state index in [0.717, 1.165) is 0 Å². The van der Waals surface area contributed by atoms with Crippen molar-refractivity contribution >= 4 is 16.9 Å². The minimum atomic E-state index is -0.322. The maximum absolute atomic E-state index is 12.9. The molecule has 24 heavy (non-hydrogen) atoms. The standard InChI is InChI=1S/C16H11FN6O/c17-10-1-4-12(5-2-10)24-14-6-3-11(7-19-14)23-16-13(8-22-23)15(18)20-9-21-16/h1-9H,(H2,18,20,21). The number of halogens is 1. The van der Waals surface area contributed by atoms with Gasteiger partial charge in [0, 0.05) is 6.07 Å². The molecule has 0 amide bonds. The van der Waals surface area contributed by atoms with Crippen molar-refractivity contribution in [1.29, 1.82) is 0 Å². The largest absolute Gasteiger partial charge is 0.439 e. The second-order valence-electron chi connectivity index (χ2n) is 4.96. The Morgan fingerprint density at radius 2 is 1.79 bits per heavy atom. The Bertz CT molecular complexity index is 997. The zero-order chi connectivity index (χ0) is 16.5. The number of nitrogens with zero attached hydrogens (tertiary/aromatic N) is 5. The van der Waals surface area contributed by atoms with Crippen LogP contribution >= 0.6 is 0 Å². The van der Waals surface area contributed by atoms with Gasteiger partial charge in [0.25, 0.3) is 0 Å². The van der Waals surface area contributed by atoms with Crippen LogP contribution in [0.5, 0.6) is 11.6 Å². The van der Waals surface area contributed by atoms with Crippen LogP contribution in [0.25, 0.3) is 16.7 Å². The van der Waals surface area contributed by atoms with Gasteiger partial charge in [0.15, 0.2) is 5.65 Å². The molecular formula is C16H11FN6O. The second kappa shape index (κ2) is 5.58. The van der Waals surface area contributed by atoms with Crippen molar-refractivity contribution in [3.63, 3.8) is 0 Å². The van der Waals surface area contributed by atoms with Gasteiger partial charge >= 0.3 is 0 Å². The Labute approximate surface area is 135 Å². The molecule has 0 bridgehead atoms. The number of aromatic nitrogens is 5. The smallest absolute Gasteiger partial charge is 0.219 e. The molecule has 0 saturated heterocycles. The fraction of sp³-hybridized carbons (Fsp3) is 0. The molecule has 2 N–H and O–H groups in total. The SMILES string of the molecule is Nc1ncnc2c1cnn2-c1ccc(Oc2ccc(F)cc2)nc1. The highest BCUT2D eigenvalue weighted by Gasteiger charge is 2.10. The first-order valence-corrected chi connectivity index (χ1v) is 7.05. The minimum absolute atomic E-state index is 0.322. The molecule has 4 rings (SSSR count). The molecule has 3 aromatic heterocycles. The monoisotopic (exact) mass is 322 g/mol. The van der Waals surface area contributed by atoms with E-state index in [2.05, 4.69) is 20.1 Å². The van der Waals surface area contributed by atoms with Crippen molar-refractivity contribution in [2.45, 2.75) is 0 Å². The summed E-state index contributed by atoms with van der Waals surface area (Å²) in [5, 5.41) is 4.93. The van der Waals surface area contributed by atoms with Crippen LogP contribution in [0.2, 0.25) is 0 Å². The lowest BCUT2D eigenvalue weighted by Gasteiger charge is -2.06. The Morgan fingerprint density at radius 1 is 0.958 bits per heavy atom. The van der Waals surface area contributed by atoms with Crippen LogP contribution in [-0.2, 0) is 0 Å². The van der Waals surface area contributed by atoms with E-state index >= 15 is 0 Å².